The second-order valence-corrected chi connectivity index (χ2v) is 5.90. The SMILES string of the molecule is Cc1ccccc1CCC(=O)NCC1(C(=O)O)CCOCC1. The van der Waals surface area contributed by atoms with Crippen LogP contribution in [0.2, 0.25) is 0 Å². The highest BCUT2D eigenvalue weighted by Crippen LogP contribution is 2.30. The number of carboxylic acids is 1. The van der Waals surface area contributed by atoms with Crippen molar-refractivity contribution in [2.75, 3.05) is 19.8 Å². The third-order valence-electron chi connectivity index (χ3n) is 4.41. The summed E-state index contributed by atoms with van der Waals surface area (Å²) in [5.41, 5.74) is 1.44. The van der Waals surface area contributed by atoms with E-state index in [2.05, 4.69) is 5.32 Å². The van der Waals surface area contributed by atoms with Crippen molar-refractivity contribution >= 4 is 11.9 Å². The summed E-state index contributed by atoms with van der Waals surface area (Å²) in [6.45, 7) is 3.07. The van der Waals surface area contributed by atoms with Crippen LogP contribution in [0, 0.1) is 12.3 Å². The molecule has 22 heavy (non-hydrogen) atoms. The molecule has 1 aliphatic rings. The molecule has 1 heterocycles. The number of benzene rings is 1. The number of nitrogens with one attached hydrogen (secondary N) is 1. The summed E-state index contributed by atoms with van der Waals surface area (Å²) in [5.74, 6) is -0.953. The van der Waals surface area contributed by atoms with Gasteiger partial charge in [0.1, 0.15) is 0 Å². The number of amides is 1. The van der Waals surface area contributed by atoms with Crippen LogP contribution in [0.25, 0.3) is 0 Å². The molecule has 5 nitrogen and oxygen atoms in total. The number of aryl methyl sites for hydroxylation is 2. The number of hydrogen-bond donors (Lipinski definition) is 2. The maximum absolute atomic E-state index is 12.0. The largest absolute Gasteiger partial charge is 0.481 e. The summed E-state index contributed by atoms with van der Waals surface area (Å²) >= 11 is 0. The summed E-state index contributed by atoms with van der Waals surface area (Å²) in [6, 6.07) is 7.97. The lowest BCUT2D eigenvalue weighted by atomic mass is 9.80. The molecular formula is C17H23NO4. The van der Waals surface area contributed by atoms with Gasteiger partial charge in [-0.25, -0.2) is 0 Å². The molecule has 1 amide bonds. The van der Waals surface area contributed by atoms with Crippen molar-refractivity contribution in [2.45, 2.75) is 32.6 Å². The summed E-state index contributed by atoms with van der Waals surface area (Å²) in [7, 11) is 0. The van der Waals surface area contributed by atoms with Gasteiger partial charge in [-0.1, -0.05) is 24.3 Å². The third kappa shape index (κ3) is 4.07. The van der Waals surface area contributed by atoms with Gasteiger partial charge in [0.15, 0.2) is 0 Å². The average molecular weight is 305 g/mol. The van der Waals surface area contributed by atoms with Crippen molar-refractivity contribution < 1.29 is 19.4 Å². The van der Waals surface area contributed by atoms with Crippen molar-refractivity contribution in [3.63, 3.8) is 0 Å². The van der Waals surface area contributed by atoms with Gasteiger partial charge in [0.25, 0.3) is 0 Å². The van der Waals surface area contributed by atoms with Crippen LogP contribution in [0.1, 0.15) is 30.4 Å². The molecule has 1 aromatic rings. The van der Waals surface area contributed by atoms with E-state index in [0.29, 0.717) is 38.9 Å². The first-order valence-electron chi connectivity index (χ1n) is 7.66. The number of rotatable bonds is 6. The quantitative estimate of drug-likeness (QED) is 0.842. The molecule has 0 spiro atoms. The van der Waals surface area contributed by atoms with Crippen molar-refractivity contribution in [2.24, 2.45) is 5.41 Å². The van der Waals surface area contributed by atoms with Crippen LogP contribution in [0.15, 0.2) is 24.3 Å². The Kier molecular flexibility index (Phi) is 5.55. The van der Waals surface area contributed by atoms with Gasteiger partial charge in [-0.3, -0.25) is 9.59 Å². The maximum atomic E-state index is 12.0. The predicted octanol–water partition coefficient (Wildman–Crippen LogP) is 1.93. The zero-order valence-corrected chi connectivity index (χ0v) is 12.9. The topological polar surface area (TPSA) is 75.6 Å². The zero-order valence-electron chi connectivity index (χ0n) is 12.9. The van der Waals surface area contributed by atoms with Crippen molar-refractivity contribution in [3.05, 3.63) is 35.4 Å². The van der Waals surface area contributed by atoms with E-state index >= 15 is 0 Å². The van der Waals surface area contributed by atoms with Crippen molar-refractivity contribution in [1.82, 2.24) is 5.32 Å². The lowest BCUT2D eigenvalue weighted by molar-refractivity contribution is -0.154. The monoisotopic (exact) mass is 305 g/mol. The molecule has 5 heteroatoms. The van der Waals surface area contributed by atoms with Gasteiger partial charge in [0.2, 0.25) is 5.91 Å². The molecule has 0 atom stereocenters. The smallest absolute Gasteiger partial charge is 0.311 e. The van der Waals surface area contributed by atoms with Gasteiger partial charge in [-0.05, 0) is 37.3 Å². The molecule has 2 N–H and O–H groups in total. The fourth-order valence-electron chi connectivity index (χ4n) is 2.72. The number of carbonyl (C=O) groups excluding carboxylic acids is 1. The number of carboxylic acid groups (broad SMARTS) is 1. The Labute approximate surface area is 130 Å². The van der Waals surface area contributed by atoms with Gasteiger partial charge >= 0.3 is 5.97 Å². The fourth-order valence-corrected chi connectivity index (χ4v) is 2.72. The second kappa shape index (κ2) is 7.40. The van der Waals surface area contributed by atoms with E-state index in [0.717, 1.165) is 5.56 Å². The van der Waals surface area contributed by atoms with Gasteiger partial charge < -0.3 is 15.2 Å². The Morgan fingerprint density at radius 2 is 1.95 bits per heavy atom. The number of hydrogen-bond acceptors (Lipinski definition) is 3. The average Bonchev–Trinajstić information content (AvgIpc) is 2.53. The van der Waals surface area contributed by atoms with E-state index in [1.165, 1.54) is 5.56 Å². The molecule has 120 valence electrons. The van der Waals surface area contributed by atoms with Crippen LogP contribution >= 0.6 is 0 Å². The molecule has 0 aromatic heterocycles. The van der Waals surface area contributed by atoms with Crippen LogP contribution in [0.4, 0.5) is 0 Å². The minimum absolute atomic E-state index is 0.102. The van der Waals surface area contributed by atoms with Gasteiger partial charge in [-0.15, -0.1) is 0 Å². The van der Waals surface area contributed by atoms with E-state index in [-0.39, 0.29) is 12.5 Å². The van der Waals surface area contributed by atoms with E-state index < -0.39 is 11.4 Å². The first-order valence-corrected chi connectivity index (χ1v) is 7.66. The Balaban J connectivity index is 1.84. The molecule has 0 bridgehead atoms. The molecule has 0 radical (unpaired) electrons. The summed E-state index contributed by atoms with van der Waals surface area (Å²) in [5, 5.41) is 12.2. The van der Waals surface area contributed by atoms with Crippen LogP contribution in [0.5, 0.6) is 0 Å². The minimum atomic E-state index is -0.878. The summed E-state index contributed by atoms with van der Waals surface area (Å²) in [4.78, 5) is 23.5. The highest BCUT2D eigenvalue weighted by Gasteiger charge is 2.40. The Morgan fingerprint density at radius 3 is 2.59 bits per heavy atom. The van der Waals surface area contributed by atoms with E-state index in [9.17, 15) is 14.7 Å². The summed E-state index contributed by atoms with van der Waals surface area (Å²) in [6.07, 6.45) is 1.93. The predicted molar refractivity (Wildman–Crippen MR) is 82.6 cm³/mol. The highest BCUT2D eigenvalue weighted by atomic mass is 16.5. The molecule has 1 fully saturated rings. The molecule has 0 aliphatic carbocycles. The van der Waals surface area contributed by atoms with Crippen LogP contribution in [-0.2, 0) is 20.7 Å². The standard InChI is InChI=1S/C17H23NO4/c1-13-4-2-3-5-14(13)6-7-15(19)18-12-17(16(20)21)8-10-22-11-9-17/h2-5H,6-12H2,1H3,(H,18,19)(H,20,21). The van der Waals surface area contributed by atoms with Crippen molar-refractivity contribution in [1.29, 1.82) is 0 Å². The zero-order chi connectivity index (χ0) is 16.0. The third-order valence-corrected chi connectivity index (χ3v) is 4.41. The summed E-state index contributed by atoms with van der Waals surface area (Å²) < 4.78 is 5.22. The van der Waals surface area contributed by atoms with Crippen LogP contribution < -0.4 is 5.32 Å². The van der Waals surface area contributed by atoms with Crippen LogP contribution in [-0.4, -0.2) is 36.7 Å². The molecular weight excluding hydrogens is 282 g/mol. The molecule has 2 rings (SSSR count). The normalized spacial score (nSPS) is 17.0. The maximum Gasteiger partial charge on any atom is 0.311 e. The van der Waals surface area contributed by atoms with Gasteiger partial charge in [0, 0.05) is 26.2 Å². The second-order valence-electron chi connectivity index (χ2n) is 5.90. The molecule has 0 unspecified atom stereocenters. The Bertz CT molecular complexity index is 535. The van der Waals surface area contributed by atoms with E-state index in [4.69, 9.17) is 4.74 Å². The number of ether oxygens (including phenoxy) is 1. The number of carbonyl (C=O) groups is 2. The molecule has 0 saturated carbocycles. The Hall–Kier alpha value is -1.88. The molecule has 1 saturated heterocycles. The lowest BCUT2D eigenvalue weighted by Gasteiger charge is -2.33. The first kappa shape index (κ1) is 16.5. The van der Waals surface area contributed by atoms with Crippen LogP contribution in [0.3, 0.4) is 0 Å². The first-order chi connectivity index (χ1) is 10.5. The highest BCUT2D eigenvalue weighted by molar-refractivity contribution is 5.79. The van der Waals surface area contributed by atoms with E-state index in [1.807, 2.05) is 31.2 Å². The van der Waals surface area contributed by atoms with Crippen molar-refractivity contribution in [3.8, 4) is 0 Å². The minimum Gasteiger partial charge on any atom is -0.481 e. The lowest BCUT2D eigenvalue weighted by Crippen LogP contribution is -2.46. The number of aliphatic carboxylic acids is 1. The fraction of sp³-hybridized carbons (Fsp3) is 0.529. The van der Waals surface area contributed by atoms with Gasteiger partial charge in [0.05, 0.1) is 5.41 Å². The molecule has 1 aromatic carbocycles. The molecule has 1 aliphatic heterocycles. The van der Waals surface area contributed by atoms with Gasteiger partial charge in [-0.2, -0.15) is 0 Å². The van der Waals surface area contributed by atoms with E-state index in [1.54, 1.807) is 0 Å². The Morgan fingerprint density at radius 1 is 1.27 bits per heavy atom.